The van der Waals surface area contributed by atoms with Crippen molar-refractivity contribution in [3.05, 3.63) is 0 Å². The Morgan fingerprint density at radius 3 is 2.45 bits per heavy atom. The summed E-state index contributed by atoms with van der Waals surface area (Å²) in [6.07, 6.45) is -2.13. The van der Waals surface area contributed by atoms with E-state index in [1.54, 1.807) is 5.32 Å². The number of carbonyl (C=O) groups is 2. The summed E-state index contributed by atoms with van der Waals surface area (Å²) in [6, 6.07) is -0.773. The maximum atomic E-state index is 11.8. The van der Waals surface area contributed by atoms with Crippen LogP contribution in [0.5, 0.6) is 0 Å². The molecule has 8 heteroatoms. The fourth-order valence-electron chi connectivity index (χ4n) is 1.33. The van der Waals surface area contributed by atoms with Crippen LogP contribution in [0.2, 0.25) is 0 Å². The van der Waals surface area contributed by atoms with Gasteiger partial charge >= 0.3 is 18.1 Å². The number of halogens is 3. The highest BCUT2D eigenvalue weighted by Crippen LogP contribution is 2.14. The lowest BCUT2D eigenvalue weighted by Crippen LogP contribution is -2.37. The molecule has 20 heavy (non-hydrogen) atoms. The molecule has 0 aliphatic carbocycles. The molecule has 3 N–H and O–H groups in total. The van der Waals surface area contributed by atoms with Crippen LogP contribution in [0.3, 0.4) is 0 Å². The molecule has 5 nitrogen and oxygen atoms in total. The number of ether oxygens (including phenoxy) is 1. The number of hydrogen-bond acceptors (Lipinski definition) is 4. The van der Waals surface area contributed by atoms with Crippen LogP contribution in [0, 0.1) is 0 Å². The first-order valence-electron chi connectivity index (χ1n) is 6.56. The fourth-order valence-corrected chi connectivity index (χ4v) is 1.33. The van der Waals surface area contributed by atoms with E-state index < -0.39 is 24.1 Å². The molecule has 0 heterocycles. The predicted octanol–water partition coefficient (Wildman–Crippen LogP) is 1.51. The van der Waals surface area contributed by atoms with Gasteiger partial charge in [-0.2, -0.15) is 13.2 Å². The molecule has 0 fully saturated rings. The molecule has 1 atom stereocenters. The molecule has 118 valence electrons. The van der Waals surface area contributed by atoms with Gasteiger partial charge in [0.1, 0.15) is 6.04 Å². The number of rotatable bonds is 9. The van der Waals surface area contributed by atoms with Crippen molar-refractivity contribution in [2.24, 2.45) is 5.73 Å². The summed E-state index contributed by atoms with van der Waals surface area (Å²) < 4.78 is 40.4. The molecular weight excluding hydrogens is 277 g/mol. The largest absolute Gasteiger partial charge is 0.471 e. The zero-order chi connectivity index (χ0) is 15.6. The molecule has 0 aromatic carbocycles. The number of amides is 1. The summed E-state index contributed by atoms with van der Waals surface area (Å²) in [5.41, 5.74) is 5.57. The van der Waals surface area contributed by atoms with Crippen molar-refractivity contribution in [2.75, 3.05) is 13.2 Å². The van der Waals surface area contributed by atoms with E-state index in [0.29, 0.717) is 25.9 Å². The second kappa shape index (κ2) is 9.57. The van der Waals surface area contributed by atoms with Crippen molar-refractivity contribution in [1.29, 1.82) is 0 Å². The van der Waals surface area contributed by atoms with Crippen LogP contribution >= 0.6 is 0 Å². The minimum Gasteiger partial charge on any atom is -0.465 e. The van der Waals surface area contributed by atoms with E-state index in [4.69, 9.17) is 10.5 Å². The minimum atomic E-state index is -4.86. The lowest BCUT2D eigenvalue weighted by molar-refractivity contribution is -0.173. The van der Waals surface area contributed by atoms with Crippen molar-refractivity contribution in [3.63, 3.8) is 0 Å². The summed E-state index contributed by atoms with van der Waals surface area (Å²) in [6.45, 7) is 2.18. The van der Waals surface area contributed by atoms with Gasteiger partial charge in [-0.25, -0.2) is 0 Å². The first-order valence-corrected chi connectivity index (χ1v) is 6.56. The first kappa shape index (κ1) is 18.7. The average molecular weight is 298 g/mol. The molecule has 0 saturated heterocycles. The van der Waals surface area contributed by atoms with Crippen molar-refractivity contribution in [2.45, 2.75) is 51.2 Å². The number of alkyl halides is 3. The average Bonchev–Trinajstić information content (AvgIpc) is 2.36. The van der Waals surface area contributed by atoms with Crippen molar-refractivity contribution >= 4 is 11.9 Å². The van der Waals surface area contributed by atoms with E-state index in [0.717, 1.165) is 12.8 Å². The molecule has 0 aliphatic heterocycles. The minimum absolute atomic E-state index is 0.101. The van der Waals surface area contributed by atoms with Crippen LogP contribution < -0.4 is 11.1 Å². The maximum absolute atomic E-state index is 11.8. The highest BCUT2D eigenvalue weighted by molar-refractivity contribution is 5.81. The Bertz CT molecular complexity index is 309. The highest BCUT2D eigenvalue weighted by Gasteiger charge is 2.38. The van der Waals surface area contributed by atoms with E-state index in [9.17, 15) is 22.8 Å². The molecule has 0 aromatic rings. The van der Waals surface area contributed by atoms with Gasteiger partial charge in [-0.1, -0.05) is 13.3 Å². The molecule has 0 aromatic heterocycles. The van der Waals surface area contributed by atoms with Crippen LogP contribution in [0.4, 0.5) is 13.2 Å². The maximum Gasteiger partial charge on any atom is 0.471 e. The van der Waals surface area contributed by atoms with Gasteiger partial charge in [0.15, 0.2) is 0 Å². The third-order valence-corrected chi connectivity index (χ3v) is 2.53. The van der Waals surface area contributed by atoms with Gasteiger partial charge in [0.05, 0.1) is 6.61 Å². The Balaban J connectivity index is 3.64. The number of nitrogens with two attached hydrogens (primary N) is 1. The molecule has 0 radical (unpaired) electrons. The van der Waals surface area contributed by atoms with E-state index in [2.05, 4.69) is 0 Å². The summed E-state index contributed by atoms with van der Waals surface area (Å²) in [4.78, 5) is 21.8. The lowest BCUT2D eigenvalue weighted by atomic mass is 10.1. The lowest BCUT2D eigenvalue weighted by Gasteiger charge is -2.11. The third kappa shape index (κ3) is 8.73. The van der Waals surface area contributed by atoms with Crippen LogP contribution in [-0.4, -0.2) is 37.2 Å². The van der Waals surface area contributed by atoms with Gasteiger partial charge in [0.2, 0.25) is 0 Å². The second-order valence-electron chi connectivity index (χ2n) is 4.38. The monoisotopic (exact) mass is 298 g/mol. The quantitative estimate of drug-likeness (QED) is 0.499. The Morgan fingerprint density at radius 2 is 1.90 bits per heavy atom. The van der Waals surface area contributed by atoms with Crippen molar-refractivity contribution in [1.82, 2.24) is 5.32 Å². The van der Waals surface area contributed by atoms with Crippen LogP contribution in [0.15, 0.2) is 0 Å². The van der Waals surface area contributed by atoms with E-state index in [-0.39, 0.29) is 6.54 Å². The summed E-state index contributed by atoms with van der Waals surface area (Å²) in [5, 5.41) is 1.75. The topological polar surface area (TPSA) is 81.4 Å². The molecule has 0 spiro atoms. The van der Waals surface area contributed by atoms with Gasteiger partial charge in [-0.15, -0.1) is 0 Å². The van der Waals surface area contributed by atoms with E-state index in [1.165, 1.54) is 0 Å². The number of carbonyl (C=O) groups excluding carboxylic acids is 2. The number of unbranched alkanes of at least 4 members (excludes halogenated alkanes) is 2. The Morgan fingerprint density at radius 1 is 1.25 bits per heavy atom. The normalized spacial score (nSPS) is 12.8. The summed E-state index contributed by atoms with van der Waals surface area (Å²) in [7, 11) is 0. The first-order chi connectivity index (χ1) is 9.29. The van der Waals surface area contributed by atoms with E-state index in [1.807, 2.05) is 6.92 Å². The zero-order valence-electron chi connectivity index (χ0n) is 11.5. The smallest absolute Gasteiger partial charge is 0.465 e. The Hall–Kier alpha value is -1.31. The second-order valence-corrected chi connectivity index (χ2v) is 4.38. The van der Waals surface area contributed by atoms with Crippen molar-refractivity contribution in [3.8, 4) is 0 Å². The summed E-state index contributed by atoms with van der Waals surface area (Å²) >= 11 is 0. The van der Waals surface area contributed by atoms with Gasteiger partial charge in [0, 0.05) is 6.54 Å². The van der Waals surface area contributed by atoms with Gasteiger partial charge in [0.25, 0.3) is 0 Å². The zero-order valence-corrected chi connectivity index (χ0v) is 11.5. The Labute approximate surface area is 116 Å². The number of hydrogen-bond donors (Lipinski definition) is 2. The van der Waals surface area contributed by atoms with Crippen LogP contribution in [0.25, 0.3) is 0 Å². The molecular formula is C12H21F3N2O3. The van der Waals surface area contributed by atoms with E-state index >= 15 is 0 Å². The molecule has 1 amide bonds. The number of esters is 1. The molecule has 0 bridgehead atoms. The van der Waals surface area contributed by atoms with Gasteiger partial charge in [-0.05, 0) is 25.7 Å². The SMILES string of the molecule is CCCCOC(=O)C(N)CCCCNC(=O)C(F)(F)F. The van der Waals surface area contributed by atoms with Gasteiger partial charge < -0.3 is 15.8 Å². The number of nitrogens with one attached hydrogen (secondary N) is 1. The third-order valence-electron chi connectivity index (χ3n) is 2.53. The Kier molecular flexibility index (Phi) is 8.94. The molecule has 0 rings (SSSR count). The van der Waals surface area contributed by atoms with Gasteiger partial charge in [-0.3, -0.25) is 9.59 Å². The molecule has 0 saturated carbocycles. The van der Waals surface area contributed by atoms with Crippen LogP contribution in [-0.2, 0) is 14.3 Å². The summed E-state index contributed by atoms with van der Waals surface area (Å²) in [5.74, 6) is -2.46. The standard InChI is InChI=1S/C12H21F3N2O3/c1-2-3-8-20-10(18)9(16)6-4-5-7-17-11(19)12(13,14)15/h9H,2-8,16H2,1H3,(H,17,19). The molecule has 1 unspecified atom stereocenters. The molecule has 0 aliphatic rings. The predicted molar refractivity (Wildman–Crippen MR) is 66.8 cm³/mol. The fraction of sp³-hybridized carbons (Fsp3) is 0.833. The highest BCUT2D eigenvalue weighted by atomic mass is 19.4. The van der Waals surface area contributed by atoms with Crippen molar-refractivity contribution < 1.29 is 27.5 Å². The van der Waals surface area contributed by atoms with Crippen LogP contribution in [0.1, 0.15) is 39.0 Å².